The van der Waals surface area contributed by atoms with E-state index in [0.717, 1.165) is 33.3 Å². The molecule has 0 radical (unpaired) electrons. The highest BCUT2D eigenvalue weighted by molar-refractivity contribution is 7.84. The molecule has 0 aliphatic carbocycles. The first-order chi connectivity index (χ1) is 22.0. The first-order valence-electron chi connectivity index (χ1n) is 16.1. The topological polar surface area (TPSA) is 56.8 Å². The van der Waals surface area contributed by atoms with E-state index in [4.69, 9.17) is 14.2 Å². The summed E-state index contributed by atoms with van der Waals surface area (Å²) in [5.74, 6) is 2.17. The molecular weight excluding hydrogens is 621 g/mol. The summed E-state index contributed by atoms with van der Waals surface area (Å²) < 4.78 is 35.2. The van der Waals surface area contributed by atoms with Gasteiger partial charge in [-0.1, -0.05) is 102 Å². The van der Waals surface area contributed by atoms with Gasteiger partial charge >= 0.3 is 0 Å². The molecule has 0 amide bonds. The van der Waals surface area contributed by atoms with E-state index < -0.39 is 29.7 Å². The van der Waals surface area contributed by atoms with Crippen LogP contribution in [0, 0.1) is 0 Å². The Morgan fingerprint density at radius 1 is 0.638 bits per heavy atom. The monoisotopic (exact) mass is 673 g/mol. The van der Waals surface area contributed by atoms with Crippen molar-refractivity contribution < 1.29 is 18.4 Å². The van der Waals surface area contributed by atoms with Crippen molar-refractivity contribution >= 4 is 34.8 Å². The van der Waals surface area contributed by atoms with Gasteiger partial charge in [0, 0.05) is 11.1 Å². The fourth-order valence-electron chi connectivity index (χ4n) is 5.64. The van der Waals surface area contributed by atoms with Crippen molar-refractivity contribution in [3.05, 3.63) is 107 Å². The van der Waals surface area contributed by atoms with Crippen LogP contribution in [-0.2, 0) is 21.8 Å². The molecule has 4 aromatic carbocycles. The van der Waals surface area contributed by atoms with Gasteiger partial charge in [-0.25, -0.2) is 8.93 Å². The zero-order valence-corrected chi connectivity index (χ0v) is 31.9. The Morgan fingerprint density at radius 3 is 1.47 bits per heavy atom. The molecule has 0 aliphatic heterocycles. The zero-order valence-electron chi connectivity index (χ0n) is 30.1. The van der Waals surface area contributed by atoms with Crippen molar-refractivity contribution in [2.75, 3.05) is 21.3 Å². The molecule has 47 heavy (non-hydrogen) atoms. The number of nitrogens with one attached hydrogen (secondary N) is 1. The van der Waals surface area contributed by atoms with E-state index >= 15 is 0 Å². The minimum absolute atomic E-state index is 0.212. The molecule has 0 heterocycles. The maximum absolute atomic E-state index is 14.1. The molecule has 0 unspecified atom stereocenters. The summed E-state index contributed by atoms with van der Waals surface area (Å²) >= 11 is 0. The predicted octanol–water partition coefficient (Wildman–Crippen LogP) is 8.21. The third-order valence-electron chi connectivity index (χ3n) is 8.16. The van der Waals surface area contributed by atoms with Crippen molar-refractivity contribution in [3.63, 3.8) is 0 Å². The second kappa shape index (κ2) is 14.5. The molecular formula is C40H52NO4PS. The lowest BCUT2D eigenvalue weighted by atomic mass is 9.77. The van der Waals surface area contributed by atoms with Crippen LogP contribution in [0.25, 0.3) is 0 Å². The molecule has 2 atom stereocenters. The average Bonchev–Trinajstić information content (AvgIpc) is 3.02. The second-order valence-corrected chi connectivity index (χ2v) is 19.0. The summed E-state index contributed by atoms with van der Waals surface area (Å²) in [6.45, 7) is 19.3. The van der Waals surface area contributed by atoms with Crippen LogP contribution in [0.15, 0.2) is 84.9 Å². The van der Waals surface area contributed by atoms with Gasteiger partial charge in [0.25, 0.3) is 0 Å². The molecule has 0 spiro atoms. The van der Waals surface area contributed by atoms with Crippen LogP contribution < -0.4 is 34.8 Å². The number of benzene rings is 4. The van der Waals surface area contributed by atoms with Crippen molar-refractivity contribution in [2.45, 2.75) is 83.9 Å². The number of ether oxygens (including phenoxy) is 3. The van der Waals surface area contributed by atoms with Gasteiger partial charge in [-0.2, -0.15) is 0 Å². The molecule has 0 aromatic heterocycles. The lowest BCUT2D eigenvalue weighted by Crippen LogP contribution is -2.38. The number of methoxy groups -OCH3 is 3. The van der Waals surface area contributed by atoms with Gasteiger partial charge in [0.15, 0.2) is 11.5 Å². The van der Waals surface area contributed by atoms with Gasteiger partial charge in [-0.15, -0.1) is 0 Å². The van der Waals surface area contributed by atoms with Gasteiger partial charge in [-0.3, -0.25) is 0 Å². The Hall–Kier alpha value is -3.18. The molecule has 0 aliphatic rings. The Kier molecular flexibility index (Phi) is 11.3. The van der Waals surface area contributed by atoms with Gasteiger partial charge < -0.3 is 14.2 Å². The summed E-state index contributed by atoms with van der Waals surface area (Å²) in [5, 5.41) is 3.51. The van der Waals surface area contributed by atoms with E-state index in [1.165, 1.54) is 10.6 Å². The molecule has 1 N–H and O–H groups in total. The highest BCUT2D eigenvalue weighted by Crippen LogP contribution is 2.45. The van der Waals surface area contributed by atoms with Crippen LogP contribution in [0.2, 0.25) is 0 Å². The molecule has 0 bridgehead atoms. The van der Waals surface area contributed by atoms with Crippen LogP contribution in [-0.4, -0.2) is 30.3 Å². The van der Waals surface area contributed by atoms with Crippen molar-refractivity contribution in [1.82, 2.24) is 4.72 Å². The first kappa shape index (κ1) is 36.7. The van der Waals surface area contributed by atoms with E-state index in [-0.39, 0.29) is 10.8 Å². The summed E-state index contributed by atoms with van der Waals surface area (Å²) in [6.07, 6.45) is 0. The summed E-state index contributed by atoms with van der Waals surface area (Å²) in [5.41, 5.74) is 3.79. The Bertz CT molecular complexity index is 1610. The van der Waals surface area contributed by atoms with E-state index in [9.17, 15) is 4.21 Å². The Labute approximate surface area is 286 Å². The second-order valence-electron chi connectivity index (χ2n) is 14.9. The zero-order chi connectivity index (χ0) is 34.7. The number of hydrogen-bond donors (Lipinski definition) is 1. The average molecular weight is 674 g/mol. The van der Waals surface area contributed by atoms with Crippen molar-refractivity contribution in [1.29, 1.82) is 0 Å². The first-order valence-corrected chi connectivity index (χ1v) is 18.6. The minimum atomic E-state index is -1.40. The van der Waals surface area contributed by atoms with Crippen LogP contribution in [0.5, 0.6) is 17.2 Å². The number of hydrogen-bond acceptors (Lipinski definition) is 4. The summed E-state index contributed by atoms with van der Waals surface area (Å²) in [4.78, 5) is 0. The van der Waals surface area contributed by atoms with Gasteiger partial charge in [-0.05, 0) is 90.8 Å². The van der Waals surface area contributed by atoms with E-state index in [0.29, 0.717) is 11.5 Å². The summed E-state index contributed by atoms with van der Waals surface area (Å²) in [6, 6.07) is 29.4. The van der Waals surface area contributed by atoms with Crippen LogP contribution >= 0.6 is 7.92 Å². The highest BCUT2D eigenvalue weighted by Gasteiger charge is 2.34. The third-order valence-corrected chi connectivity index (χ3v) is 12.2. The van der Waals surface area contributed by atoms with Crippen LogP contribution in [0.4, 0.5) is 0 Å². The molecule has 0 saturated carbocycles. The Morgan fingerprint density at radius 2 is 1.09 bits per heavy atom. The molecule has 5 nitrogen and oxygen atoms in total. The van der Waals surface area contributed by atoms with Crippen molar-refractivity contribution in [3.8, 4) is 17.2 Å². The fraction of sp³-hybridized carbons (Fsp3) is 0.400. The van der Waals surface area contributed by atoms with Crippen LogP contribution in [0.1, 0.15) is 90.6 Å². The highest BCUT2D eigenvalue weighted by atomic mass is 32.2. The summed E-state index contributed by atoms with van der Waals surface area (Å²) in [7, 11) is 2.64. The predicted molar refractivity (Wildman–Crippen MR) is 202 cm³/mol. The molecule has 7 heteroatoms. The third kappa shape index (κ3) is 8.28. The quantitative estimate of drug-likeness (QED) is 0.173. The van der Waals surface area contributed by atoms with E-state index in [2.05, 4.69) is 119 Å². The van der Waals surface area contributed by atoms with Gasteiger partial charge in [0.1, 0.15) is 5.75 Å². The van der Waals surface area contributed by atoms with Crippen LogP contribution in [0.3, 0.4) is 0 Å². The normalized spacial score (nSPS) is 13.7. The smallest absolute Gasteiger partial charge is 0.161 e. The fourth-order valence-corrected chi connectivity index (χ4v) is 8.96. The SMILES string of the molecule is COc1cc([C@H](N[S@](=O)C(C)(C)C)c2cc(C(C)(C)C)c(OC)c(C(C)(C)C)c2)c(P(c2ccccc2)c2ccccc2)cc1OC. The number of rotatable bonds is 10. The van der Waals surface area contributed by atoms with E-state index in [1.807, 2.05) is 32.9 Å². The molecule has 4 rings (SSSR count). The lowest BCUT2D eigenvalue weighted by molar-refractivity contribution is 0.354. The Balaban J connectivity index is 2.18. The largest absolute Gasteiger partial charge is 0.496 e. The van der Waals surface area contributed by atoms with Gasteiger partial charge in [0.2, 0.25) is 0 Å². The lowest BCUT2D eigenvalue weighted by Gasteiger charge is -2.34. The van der Waals surface area contributed by atoms with Crippen molar-refractivity contribution in [2.24, 2.45) is 0 Å². The maximum Gasteiger partial charge on any atom is 0.161 e. The molecule has 4 aromatic rings. The standard InChI is InChI=1S/C40H52NO4PS/c1-38(2,3)31-23-27(24-32(37(31)45-12)39(4,5)6)36(41-47(42)40(7,8)9)30-25-33(43-10)34(44-11)26-35(30)46(28-19-15-13-16-20-28)29-21-17-14-18-22-29/h13-26,36,41H,1-12H3/t36-,47-/m1/s1. The van der Waals surface area contributed by atoms with Gasteiger partial charge in [0.05, 0.1) is 43.1 Å². The minimum Gasteiger partial charge on any atom is -0.496 e. The molecule has 0 fully saturated rings. The molecule has 0 saturated heterocycles. The van der Waals surface area contributed by atoms with E-state index in [1.54, 1.807) is 21.3 Å². The molecule has 252 valence electrons. The maximum atomic E-state index is 14.1.